The molecule has 0 fully saturated rings. The lowest BCUT2D eigenvalue weighted by atomic mass is 10.2. The number of nitro groups is 1. The van der Waals surface area contributed by atoms with Gasteiger partial charge in [-0.1, -0.05) is 17.7 Å². The highest BCUT2D eigenvalue weighted by Gasteiger charge is 2.18. The molecule has 0 aliphatic carbocycles. The Hall–Kier alpha value is -2.26. The van der Waals surface area contributed by atoms with Crippen molar-refractivity contribution in [3.63, 3.8) is 0 Å². The van der Waals surface area contributed by atoms with Gasteiger partial charge in [0, 0.05) is 22.7 Å². The highest BCUT2D eigenvalue weighted by atomic mass is 79.9. The Morgan fingerprint density at radius 1 is 1.33 bits per heavy atom. The molecule has 126 valence electrons. The average molecular weight is 422 g/mol. The topological polar surface area (TPSA) is 81.5 Å². The van der Waals surface area contributed by atoms with Crippen LogP contribution in [0.3, 0.4) is 0 Å². The molecule has 2 rings (SSSR count). The van der Waals surface area contributed by atoms with Crippen molar-refractivity contribution in [2.75, 3.05) is 5.32 Å². The number of hydrogen-bond donors (Lipinski definition) is 1. The summed E-state index contributed by atoms with van der Waals surface area (Å²) >= 11 is 8.86. The number of nitrogens with one attached hydrogen (secondary N) is 1. The van der Waals surface area contributed by atoms with Crippen LogP contribution in [0.1, 0.15) is 10.4 Å². The number of benzene rings is 2. The average Bonchev–Trinajstić information content (AvgIpc) is 2.50. The Balaban J connectivity index is 2.35. The minimum Gasteiger partial charge on any atom is -0.431 e. The molecule has 0 aromatic heterocycles. The Morgan fingerprint density at radius 3 is 2.67 bits per heavy atom. The van der Waals surface area contributed by atoms with E-state index in [4.69, 9.17) is 11.6 Å². The second kappa shape index (κ2) is 7.54. The number of amides is 1. The molecule has 0 saturated carbocycles. The van der Waals surface area contributed by atoms with Crippen LogP contribution in [0.2, 0.25) is 5.02 Å². The number of nitro benzene ring substituents is 1. The van der Waals surface area contributed by atoms with Crippen LogP contribution in [0.15, 0.2) is 40.9 Å². The number of anilines is 1. The van der Waals surface area contributed by atoms with Crippen LogP contribution in [-0.4, -0.2) is 17.4 Å². The first-order valence-electron chi connectivity index (χ1n) is 6.27. The third kappa shape index (κ3) is 4.39. The highest BCUT2D eigenvalue weighted by Crippen LogP contribution is 2.37. The van der Waals surface area contributed by atoms with Gasteiger partial charge in [0.25, 0.3) is 11.6 Å². The van der Waals surface area contributed by atoms with Gasteiger partial charge in [-0.15, -0.1) is 0 Å². The molecule has 2 aromatic carbocycles. The number of alkyl halides is 2. The van der Waals surface area contributed by atoms with Crippen LogP contribution in [0.25, 0.3) is 0 Å². The van der Waals surface area contributed by atoms with Gasteiger partial charge in [0.05, 0.1) is 15.1 Å². The Labute approximate surface area is 147 Å². The van der Waals surface area contributed by atoms with Crippen molar-refractivity contribution in [2.24, 2.45) is 0 Å². The zero-order valence-corrected chi connectivity index (χ0v) is 14.0. The molecule has 10 heteroatoms. The normalized spacial score (nSPS) is 10.5. The molecule has 0 unspecified atom stereocenters. The molecule has 0 radical (unpaired) electrons. The summed E-state index contributed by atoms with van der Waals surface area (Å²) in [6, 6.07) is 7.50. The quantitative estimate of drug-likeness (QED) is 0.552. The van der Waals surface area contributed by atoms with Crippen molar-refractivity contribution < 1.29 is 23.2 Å². The first-order valence-corrected chi connectivity index (χ1v) is 7.44. The molecule has 1 N–H and O–H groups in total. The van der Waals surface area contributed by atoms with Crippen LogP contribution in [-0.2, 0) is 0 Å². The molecule has 1 amide bonds. The predicted molar refractivity (Wildman–Crippen MR) is 86.8 cm³/mol. The van der Waals surface area contributed by atoms with Crippen molar-refractivity contribution in [3.8, 4) is 5.75 Å². The van der Waals surface area contributed by atoms with Crippen molar-refractivity contribution in [1.29, 1.82) is 0 Å². The van der Waals surface area contributed by atoms with Crippen LogP contribution in [0.4, 0.5) is 20.2 Å². The maximum atomic E-state index is 12.5. The van der Waals surface area contributed by atoms with Gasteiger partial charge in [-0.05, 0) is 34.1 Å². The van der Waals surface area contributed by atoms with E-state index < -0.39 is 17.4 Å². The fourth-order valence-electron chi connectivity index (χ4n) is 1.82. The van der Waals surface area contributed by atoms with Gasteiger partial charge in [0.1, 0.15) is 0 Å². The summed E-state index contributed by atoms with van der Waals surface area (Å²) in [5.41, 5.74) is -0.409. The summed E-state index contributed by atoms with van der Waals surface area (Å²) in [4.78, 5) is 22.3. The first-order chi connectivity index (χ1) is 11.3. The van der Waals surface area contributed by atoms with Gasteiger partial charge >= 0.3 is 6.61 Å². The molecular weight excluding hydrogens is 414 g/mol. The zero-order valence-electron chi connectivity index (χ0n) is 11.6. The summed E-state index contributed by atoms with van der Waals surface area (Å²) in [7, 11) is 0. The summed E-state index contributed by atoms with van der Waals surface area (Å²) in [6.07, 6.45) is 0. The zero-order chi connectivity index (χ0) is 17.9. The van der Waals surface area contributed by atoms with Crippen LogP contribution in [0, 0.1) is 10.1 Å². The van der Waals surface area contributed by atoms with Crippen molar-refractivity contribution in [1.82, 2.24) is 0 Å². The summed E-state index contributed by atoms with van der Waals surface area (Å²) in [6.45, 7) is -3.11. The molecule has 0 heterocycles. The van der Waals surface area contributed by atoms with E-state index in [-0.39, 0.29) is 32.2 Å². The van der Waals surface area contributed by atoms with Crippen molar-refractivity contribution >= 4 is 44.8 Å². The first kappa shape index (κ1) is 18.1. The molecule has 24 heavy (non-hydrogen) atoms. The minimum atomic E-state index is -3.11. The molecule has 0 saturated heterocycles. The predicted octanol–water partition coefficient (Wildman–Crippen LogP) is 4.86. The lowest BCUT2D eigenvalue weighted by molar-refractivity contribution is -0.384. The van der Waals surface area contributed by atoms with Gasteiger partial charge < -0.3 is 10.1 Å². The van der Waals surface area contributed by atoms with E-state index in [1.165, 1.54) is 30.3 Å². The number of ether oxygens (including phenoxy) is 1. The number of rotatable bonds is 5. The van der Waals surface area contributed by atoms with E-state index in [0.29, 0.717) is 0 Å². The lowest BCUT2D eigenvalue weighted by Gasteiger charge is -2.14. The van der Waals surface area contributed by atoms with E-state index >= 15 is 0 Å². The molecule has 0 atom stereocenters. The number of hydrogen-bond acceptors (Lipinski definition) is 4. The SMILES string of the molecule is O=C(Nc1cc(Cl)cc(Br)c1OC(F)F)c1cccc([N+](=O)[O-])c1. The van der Waals surface area contributed by atoms with E-state index in [9.17, 15) is 23.7 Å². The maximum absolute atomic E-state index is 12.5. The Bertz CT molecular complexity index is 804. The molecule has 0 bridgehead atoms. The number of carbonyl (C=O) groups is 1. The fourth-order valence-corrected chi connectivity index (χ4v) is 2.72. The van der Waals surface area contributed by atoms with Gasteiger partial charge in [0.15, 0.2) is 5.75 Å². The van der Waals surface area contributed by atoms with Crippen LogP contribution < -0.4 is 10.1 Å². The monoisotopic (exact) mass is 420 g/mol. The largest absolute Gasteiger partial charge is 0.431 e. The summed E-state index contributed by atoms with van der Waals surface area (Å²) in [5, 5.41) is 13.3. The van der Waals surface area contributed by atoms with Gasteiger partial charge in [-0.3, -0.25) is 14.9 Å². The lowest BCUT2D eigenvalue weighted by Crippen LogP contribution is -2.14. The van der Waals surface area contributed by atoms with E-state index in [2.05, 4.69) is 26.0 Å². The molecule has 0 aliphatic rings. The van der Waals surface area contributed by atoms with Crippen LogP contribution >= 0.6 is 27.5 Å². The Kier molecular flexibility index (Phi) is 5.68. The van der Waals surface area contributed by atoms with Crippen molar-refractivity contribution in [2.45, 2.75) is 6.61 Å². The van der Waals surface area contributed by atoms with Gasteiger partial charge in [-0.2, -0.15) is 8.78 Å². The standard InChI is InChI=1S/C14H8BrClF2N2O4/c15-10-5-8(16)6-11(12(10)24-14(17)18)19-13(21)7-2-1-3-9(4-7)20(22)23/h1-6,14H,(H,19,21). The van der Waals surface area contributed by atoms with E-state index in [0.717, 1.165) is 6.07 Å². The number of carbonyl (C=O) groups excluding carboxylic acids is 1. The van der Waals surface area contributed by atoms with Gasteiger partial charge in [0.2, 0.25) is 0 Å². The second-order valence-corrected chi connectivity index (χ2v) is 5.70. The molecule has 6 nitrogen and oxygen atoms in total. The molecule has 0 aliphatic heterocycles. The summed E-state index contributed by atoms with van der Waals surface area (Å²) in [5.74, 6) is -1.06. The number of nitrogens with zero attached hydrogens (tertiary/aromatic N) is 1. The highest BCUT2D eigenvalue weighted by molar-refractivity contribution is 9.10. The van der Waals surface area contributed by atoms with E-state index in [1.54, 1.807) is 0 Å². The summed E-state index contributed by atoms with van der Waals surface area (Å²) < 4.78 is 29.5. The third-order valence-electron chi connectivity index (χ3n) is 2.78. The fraction of sp³-hybridized carbons (Fsp3) is 0.0714. The Morgan fingerprint density at radius 2 is 2.04 bits per heavy atom. The minimum absolute atomic E-state index is 0.0247. The van der Waals surface area contributed by atoms with Crippen molar-refractivity contribution in [3.05, 3.63) is 61.6 Å². The van der Waals surface area contributed by atoms with E-state index in [1.807, 2.05) is 0 Å². The smallest absolute Gasteiger partial charge is 0.387 e. The van der Waals surface area contributed by atoms with Gasteiger partial charge in [-0.25, -0.2) is 0 Å². The molecule has 2 aromatic rings. The second-order valence-electron chi connectivity index (χ2n) is 4.40. The number of halogens is 4. The third-order valence-corrected chi connectivity index (χ3v) is 3.59. The molecular formula is C14H8BrClF2N2O4. The number of non-ortho nitro benzene ring substituents is 1. The molecule has 0 spiro atoms. The van der Waals surface area contributed by atoms with Crippen LogP contribution in [0.5, 0.6) is 5.75 Å². The maximum Gasteiger partial charge on any atom is 0.387 e.